The van der Waals surface area contributed by atoms with E-state index in [2.05, 4.69) is 0 Å². The lowest BCUT2D eigenvalue weighted by molar-refractivity contribution is 0.340. The third-order valence-electron chi connectivity index (χ3n) is 2.62. The van der Waals surface area contributed by atoms with E-state index in [0.717, 1.165) is 16.9 Å². The van der Waals surface area contributed by atoms with Crippen LogP contribution in [0.15, 0.2) is 41.8 Å². The summed E-state index contributed by atoms with van der Waals surface area (Å²) in [7, 11) is -9.90. The number of thiophene rings is 1. The van der Waals surface area contributed by atoms with Crippen molar-refractivity contribution in [2.75, 3.05) is 0 Å². The molecular formula is C11H12O6P2S. The maximum Gasteiger partial charge on any atom is 0.345 e. The minimum Gasteiger partial charge on any atom is -0.324 e. The van der Waals surface area contributed by atoms with Crippen molar-refractivity contribution >= 4 is 26.5 Å². The van der Waals surface area contributed by atoms with Crippen molar-refractivity contribution in [3.8, 4) is 11.1 Å². The Bertz CT molecular complexity index is 664. The average Bonchev–Trinajstić information content (AvgIpc) is 2.75. The highest BCUT2D eigenvalue weighted by Crippen LogP contribution is 2.70. The topological polar surface area (TPSA) is 115 Å². The maximum absolute atomic E-state index is 11.3. The van der Waals surface area contributed by atoms with E-state index < -0.39 is 20.6 Å². The summed E-state index contributed by atoms with van der Waals surface area (Å²) in [6.07, 6.45) is 0. The quantitative estimate of drug-likeness (QED) is 0.639. The molecule has 9 heteroatoms. The molecule has 2 aromatic rings. The Morgan fingerprint density at radius 1 is 0.900 bits per heavy atom. The fourth-order valence-corrected chi connectivity index (χ4v) is 6.15. The Kier molecular flexibility index (Phi) is 4.33. The normalized spacial score (nSPS) is 12.8. The lowest BCUT2D eigenvalue weighted by Gasteiger charge is -2.17. The zero-order valence-corrected chi connectivity index (χ0v) is 12.6. The standard InChI is InChI=1S/C11H12O6P2S/c12-18(13,14)11(19(15,16)17)10-6-9(7-20-10)8-4-2-1-3-5-8/h1-7,11H,(H2,12,13,14)(H2,15,16,17). The molecule has 6 nitrogen and oxygen atoms in total. The van der Waals surface area contributed by atoms with Crippen LogP contribution in [0.2, 0.25) is 0 Å². The van der Waals surface area contributed by atoms with Gasteiger partial charge in [0.2, 0.25) is 0 Å². The van der Waals surface area contributed by atoms with E-state index in [-0.39, 0.29) is 4.88 Å². The largest absolute Gasteiger partial charge is 0.345 e. The molecule has 4 N–H and O–H groups in total. The Labute approximate surface area is 119 Å². The van der Waals surface area contributed by atoms with E-state index in [1.54, 1.807) is 29.6 Å². The summed E-state index contributed by atoms with van der Waals surface area (Å²) in [5.74, 6) is 0. The van der Waals surface area contributed by atoms with Gasteiger partial charge in [0.15, 0.2) is 5.40 Å². The molecule has 1 heterocycles. The zero-order chi connectivity index (χ0) is 15.0. The summed E-state index contributed by atoms with van der Waals surface area (Å²) in [5, 5.41) is -0.485. The summed E-state index contributed by atoms with van der Waals surface area (Å²) in [4.78, 5) is 36.7. The third kappa shape index (κ3) is 3.45. The third-order valence-corrected chi connectivity index (χ3v) is 7.60. The van der Waals surface area contributed by atoms with Crippen molar-refractivity contribution in [1.82, 2.24) is 0 Å². The second-order valence-corrected chi connectivity index (χ2v) is 8.89. The van der Waals surface area contributed by atoms with Crippen LogP contribution in [0, 0.1) is 0 Å². The summed E-state index contributed by atoms with van der Waals surface area (Å²) in [5.41, 5.74) is 1.47. The fraction of sp³-hybridized carbons (Fsp3) is 0.0909. The zero-order valence-electron chi connectivity index (χ0n) is 10.0. The molecule has 0 saturated carbocycles. The summed E-state index contributed by atoms with van der Waals surface area (Å²) in [6.45, 7) is 0. The van der Waals surface area contributed by atoms with Crippen LogP contribution in [0.3, 0.4) is 0 Å². The van der Waals surface area contributed by atoms with E-state index in [1.807, 2.05) is 6.07 Å². The number of hydrogen-bond acceptors (Lipinski definition) is 3. The molecular weight excluding hydrogens is 322 g/mol. The molecule has 20 heavy (non-hydrogen) atoms. The first-order chi connectivity index (χ1) is 9.19. The van der Waals surface area contributed by atoms with Gasteiger partial charge in [0.05, 0.1) is 0 Å². The first-order valence-corrected chi connectivity index (χ1v) is 9.68. The molecule has 0 atom stereocenters. The van der Waals surface area contributed by atoms with Crippen LogP contribution in [0.4, 0.5) is 0 Å². The van der Waals surface area contributed by atoms with Gasteiger partial charge in [0.25, 0.3) is 0 Å². The smallest absolute Gasteiger partial charge is 0.324 e. The molecule has 0 unspecified atom stereocenters. The Balaban J connectivity index is 2.46. The van der Waals surface area contributed by atoms with Crippen molar-refractivity contribution in [1.29, 1.82) is 0 Å². The Morgan fingerprint density at radius 3 is 1.95 bits per heavy atom. The maximum atomic E-state index is 11.3. The van der Waals surface area contributed by atoms with Gasteiger partial charge in [-0.1, -0.05) is 30.3 Å². The van der Waals surface area contributed by atoms with Crippen LogP contribution in [0.5, 0.6) is 0 Å². The van der Waals surface area contributed by atoms with Gasteiger partial charge >= 0.3 is 15.2 Å². The van der Waals surface area contributed by atoms with Gasteiger partial charge in [-0.15, -0.1) is 11.3 Å². The molecule has 0 saturated heterocycles. The molecule has 108 valence electrons. The van der Waals surface area contributed by atoms with Crippen molar-refractivity contribution in [2.24, 2.45) is 0 Å². The molecule has 0 radical (unpaired) electrons. The molecule has 0 amide bonds. The molecule has 1 aromatic heterocycles. The highest BCUT2D eigenvalue weighted by molar-refractivity contribution is 7.70. The first-order valence-electron chi connectivity index (χ1n) is 5.44. The lowest BCUT2D eigenvalue weighted by atomic mass is 10.1. The van der Waals surface area contributed by atoms with Crippen LogP contribution in [0.1, 0.15) is 10.3 Å². The van der Waals surface area contributed by atoms with Crippen LogP contribution in [-0.2, 0) is 9.13 Å². The van der Waals surface area contributed by atoms with Gasteiger partial charge in [0.1, 0.15) is 0 Å². The van der Waals surface area contributed by atoms with Crippen molar-refractivity contribution in [3.63, 3.8) is 0 Å². The summed E-state index contributed by atoms with van der Waals surface area (Å²) < 4.78 is 22.7. The van der Waals surface area contributed by atoms with Crippen molar-refractivity contribution < 1.29 is 28.7 Å². The van der Waals surface area contributed by atoms with Crippen molar-refractivity contribution in [2.45, 2.75) is 5.40 Å². The van der Waals surface area contributed by atoms with Gasteiger partial charge < -0.3 is 19.6 Å². The Hall–Kier alpha value is -0.780. The van der Waals surface area contributed by atoms with E-state index >= 15 is 0 Å². The van der Waals surface area contributed by atoms with Gasteiger partial charge in [0, 0.05) is 4.88 Å². The van der Waals surface area contributed by atoms with Crippen LogP contribution in [0.25, 0.3) is 11.1 Å². The SMILES string of the molecule is O=P(O)(O)C(c1cc(-c2ccccc2)cs1)P(=O)(O)O. The predicted octanol–water partition coefficient (Wildman–Crippen LogP) is 2.77. The second-order valence-electron chi connectivity index (χ2n) is 4.16. The fourth-order valence-electron chi connectivity index (χ4n) is 1.80. The average molecular weight is 334 g/mol. The number of benzene rings is 1. The number of hydrogen-bond donors (Lipinski definition) is 4. The highest BCUT2D eigenvalue weighted by Gasteiger charge is 2.45. The highest BCUT2D eigenvalue weighted by atomic mass is 32.1. The van der Waals surface area contributed by atoms with E-state index in [4.69, 9.17) is 0 Å². The molecule has 0 bridgehead atoms. The molecule has 0 aliphatic rings. The van der Waals surface area contributed by atoms with Gasteiger partial charge in [-0.2, -0.15) is 0 Å². The summed E-state index contributed by atoms with van der Waals surface area (Å²) in [6, 6.07) is 10.4. The molecule has 1 aromatic carbocycles. The summed E-state index contributed by atoms with van der Waals surface area (Å²) >= 11 is 0.922. The Morgan fingerprint density at radius 2 is 1.45 bits per heavy atom. The molecule has 2 rings (SSSR count). The molecule has 0 aliphatic heterocycles. The first kappa shape index (κ1) is 15.6. The molecule has 0 spiro atoms. The minimum atomic E-state index is -4.95. The second kappa shape index (κ2) is 5.54. The van der Waals surface area contributed by atoms with Crippen molar-refractivity contribution in [3.05, 3.63) is 46.7 Å². The van der Waals surface area contributed by atoms with Crippen LogP contribution >= 0.6 is 26.5 Å². The van der Waals surface area contributed by atoms with E-state index in [1.165, 1.54) is 6.07 Å². The van der Waals surface area contributed by atoms with Crippen LogP contribution < -0.4 is 0 Å². The monoisotopic (exact) mass is 334 g/mol. The molecule has 0 aliphatic carbocycles. The van der Waals surface area contributed by atoms with E-state index in [0.29, 0.717) is 5.56 Å². The van der Waals surface area contributed by atoms with Gasteiger partial charge in [-0.25, -0.2) is 0 Å². The minimum absolute atomic E-state index is 0.0227. The van der Waals surface area contributed by atoms with Gasteiger partial charge in [-0.3, -0.25) is 9.13 Å². The lowest BCUT2D eigenvalue weighted by Crippen LogP contribution is -1.98. The molecule has 0 fully saturated rings. The van der Waals surface area contributed by atoms with Gasteiger partial charge in [-0.05, 0) is 22.6 Å². The number of rotatable bonds is 4. The van der Waals surface area contributed by atoms with E-state index in [9.17, 15) is 28.7 Å². The van der Waals surface area contributed by atoms with Crippen LogP contribution in [-0.4, -0.2) is 19.6 Å². The predicted molar refractivity (Wildman–Crippen MR) is 76.6 cm³/mol.